The number of nitrogens with zero attached hydrogens (tertiary/aromatic N) is 2. The van der Waals surface area contributed by atoms with Crippen molar-refractivity contribution in [3.8, 4) is 0 Å². The highest BCUT2D eigenvalue weighted by atomic mass is 32.2. The lowest BCUT2D eigenvalue weighted by Crippen LogP contribution is -2.29. The van der Waals surface area contributed by atoms with Gasteiger partial charge < -0.3 is 5.73 Å². The van der Waals surface area contributed by atoms with Gasteiger partial charge in [-0.05, 0) is 59.5 Å². The molecule has 1 amide bonds. The van der Waals surface area contributed by atoms with Crippen LogP contribution in [-0.2, 0) is 27.5 Å². The van der Waals surface area contributed by atoms with Crippen molar-refractivity contribution in [2.75, 3.05) is 10.6 Å². The molecule has 3 aromatic rings. The Bertz CT molecular complexity index is 1290. The summed E-state index contributed by atoms with van der Waals surface area (Å²) in [5, 5.41) is 0. The molecule has 0 bridgehead atoms. The van der Waals surface area contributed by atoms with E-state index in [0.717, 1.165) is 28.9 Å². The summed E-state index contributed by atoms with van der Waals surface area (Å²) in [6, 6.07) is 11.8. The van der Waals surface area contributed by atoms with Crippen LogP contribution in [0.3, 0.4) is 0 Å². The average Bonchev–Trinajstić information content (AvgIpc) is 2.74. The molecule has 34 heavy (non-hydrogen) atoms. The van der Waals surface area contributed by atoms with Crippen LogP contribution < -0.4 is 10.0 Å². The quantitative estimate of drug-likeness (QED) is 0.499. The number of primary amides is 1. The first-order valence-corrected chi connectivity index (χ1v) is 11.8. The van der Waals surface area contributed by atoms with Gasteiger partial charge >= 0.3 is 6.18 Å². The summed E-state index contributed by atoms with van der Waals surface area (Å²) in [6.45, 7) is 1.61. The maximum absolute atomic E-state index is 13.7. The van der Waals surface area contributed by atoms with Gasteiger partial charge in [0.2, 0.25) is 15.9 Å². The molecule has 0 aliphatic carbocycles. The SMILES string of the molecule is Cc1ccc(F)cc1CN(c1ccc(C(C(N)=O)c2ccc(C(F)(F)F)nc2)cc1)S(C)(=O)=O. The molecule has 11 heteroatoms. The number of sulfonamides is 1. The number of alkyl halides is 3. The van der Waals surface area contributed by atoms with Crippen LogP contribution in [0.15, 0.2) is 60.8 Å². The first kappa shape index (κ1) is 25.2. The van der Waals surface area contributed by atoms with Crippen molar-refractivity contribution in [1.82, 2.24) is 4.98 Å². The lowest BCUT2D eigenvalue weighted by Gasteiger charge is -2.24. The zero-order valence-electron chi connectivity index (χ0n) is 18.2. The second-order valence-electron chi connectivity index (χ2n) is 7.74. The number of hydrogen-bond donors (Lipinski definition) is 1. The summed E-state index contributed by atoms with van der Waals surface area (Å²) in [5.41, 5.74) is 6.32. The predicted molar refractivity (Wildman–Crippen MR) is 119 cm³/mol. The van der Waals surface area contributed by atoms with Crippen LogP contribution >= 0.6 is 0 Å². The van der Waals surface area contributed by atoms with Gasteiger partial charge in [-0.3, -0.25) is 14.1 Å². The van der Waals surface area contributed by atoms with Crippen LogP contribution in [0.2, 0.25) is 0 Å². The minimum atomic E-state index is -4.63. The van der Waals surface area contributed by atoms with Gasteiger partial charge in [0, 0.05) is 6.20 Å². The predicted octanol–water partition coefficient (Wildman–Crippen LogP) is 4.13. The lowest BCUT2D eigenvalue weighted by molar-refractivity contribution is -0.141. The van der Waals surface area contributed by atoms with Crippen molar-refractivity contribution < 1.29 is 30.8 Å². The normalized spacial score (nSPS) is 12.9. The monoisotopic (exact) mass is 495 g/mol. The van der Waals surface area contributed by atoms with Gasteiger partial charge in [-0.2, -0.15) is 13.2 Å². The van der Waals surface area contributed by atoms with E-state index >= 15 is 0 Å². The fraction of sp³-hybridized carbons (Fsp3) is 0.217. The number of carbonyl (C=O) groups excluding carboxylic acids is 1. The average molecular weight is 495 g/mol. The number of carbonyl (C=O) groups is 1. The highest BCUT2D eigenvalue weighted by Gasteiger charge is 2.33. The largest absolute Gasteiger partial charge is 0.433 e. The summed E-state index contributed by atoms with van der Waals surface area (Å²) in [7, 11) is -3.76. The van der Waals surface area contributed by atoms with Gasteiger partial charge in [0.05, 0.1) is 24.4 Å². The van der Waals surface area contributed by atoms with Gasteiger partial charge in [-0.25, -0.2) is 12.8 Å². The van der Waals surface area contributed by atoms with E-state index in [-0.39, 0.29) is 17.8 Å². The third kappa shape index (κ3) is 5.71. The number of pyridine rings is 1. The first-order chi connectivity index (χ1) is 15.8. The second kappa shape index (κ2) is 9.41. The highest BCUT2D eigenvalue weighted by Crippen LogP contribution is 2.31. The molecule has 1 aromatic heterocycles. The molecule has 3 rings (SSSR count). The van der Waals surface area contributed by atoms with E-state index in [0.29, 0.717) is 16.7 Å². The van der Waals surface area contributed by atoms with E-state index in [9.17, 15) is 30.8 Å². The van der Waals surface area contributed by atoms with Gasteiger partial charge in [-0.1, -0.05) is 24.3 Å². The Balaban J connectivity index is 1.95. The van der Waals surface area contributed by atoms with E-state index in [1.54, 1.807) is 13.0 Å². The van der Waals surface area contributed by atoms with Crippen LogP contribution in [-0.4, -0.2) is 25.6 Å². The summed E-state index contributed by atoms with van der Waals surface area (Å²) >= 11 is 0. The van der Waals surface area contributed by atoms with Gasteiger partial charge in [-0.15, -0.1) is 0 Å². The molecule has 2 aromatic carbocycles. The van der Waals surface area contributed by atoms with Crippen molar-refractivity contribution >= 4 is 21.6 Å². The molecular formula is C23H21F4N3O3S. The van der Waals surface area contributed by atoms with Gasteiger partial charge in [0.25, 0.3) is 0 Å². The molecule has 2 N–H and O–H groups in total. The second-order valence-corrected chi connectivity index (χ2v) is 9.65. The minimum Gasteiger partial charge on any atom is -0.369 e. The molecule has 0 aliphatic rings. The number of aromatic nitrogens is 1. The number of rotatable bonds is 7. The van der Waals surface area contributed by atoms with E-state index in [4.69, 9.17) is 5.73 Å². The van der Waals surface area contributed by atoms with Crippen LogP contribution in [0.25, 0.3) is 0 Å². The summed E-state index contributed by atoms with van der Waals surface area (Å²) in [4.78, 5) is 15.5. The number of halogens is 4. The lowest BCUT2D eigenvalue weighted by atomic mass is 9.91. The number of hydrogen-bond acceptors (Lipinski definition) is 4. The molecule has 1 heterocycles. The smallest absolute Gasteiger partial charge is 0.369 e. The van der Waals surface area contributed by atoms with Crippen LogP contribution in [0.5, 0.6) is 0 Å². The fourth-order valence-corrected chi connectivity index (χ4v) is 4.34. The van der Waals surface area contributed by atoms with Crippen molar-refractivity contribution in [2.45, 2.75) is 25.6 Å². The molecule has 0 fully saturated rings. The topological polar surface area (TPSA) is 93.4 Å². The number of amides is 1. The third-order valence-corrected chi connectivity index (χ3v) is 6.38. The van der Waals surface area contributed by atoms with Crippen LogP contribution in [0.1, 0.15) is 33.9 Å². The van der Waals surface area contributed by atoms with Gasteiger partial charge in [0.1, 0.15) is 11.5 Å². The Hall–Kier alpha value is -3.47. The standard InChI is InChI=1S/C23H21F4N3O3S/c1-14-3-7-18(24)11-17(14)13-30(34(2,32)33)19-8-4-15(5-9-19)21(22(28)31)16-6-10-20(29-12-16)23(25,26)27/h3-12,21H,13H2,1-2H3,(H2,28,31). The number of anilines is 1. The molecule has 0 saturated carbocycles. The van der Waals surface area contributed by atoms with Crippen molar-refractivity contribution in [3.63, 3.8) is 0 Å². The summed E-state index contributed by atoms with van der Waals surface area (Å²) in [6.07, 6.45) is -2.69. The maximum Gasteiger partial charge on any atom is 0.433 e. The highest BCUT2D eigenvalue weighted by molar-refractivity contribution is 7.92. The molecule has 0 aliphatic heterocycles. The minimum absolute atomic E-state index is 0.121. The molecule has 0 spiro atoms. The molecule has 1 unspecified atom stereocenters. The number of nitrogens with two attached hydrogens (primary N) is 1. The van der Waals surface area contributed by atoms with Gasteiger partial charge in [0.15, 0.2) is 0 Å². The Morgan fingerprint density at radius 3 is 2.18 bits per heavy atom. The molecule has 0 saturated heterocycles. The van der Waals surface area contributed by atoms with E-state index in [2.05, 4.69) is 4.98 Å². The van der Waals surface area contributed by atoms with E-state index in [1.165, 1.54) is 36.4 Å². The zero-order valence-corrected chi connectivity index (χ0v) is 19.0. The Morgan fingerprint density at radius 2 is 1.68 bits per heavy atom. The molecule has 180 valence electrons. The zero-order chi connectivity index (χ0) is 25.3. The number of aryl methyl sites for hydroxylation is 1. The van der Waals surface area contributed by atoms with Crippen LogP contribution in [0, 0.1) is 12.7 Å². The maximum atomic E-state index is 13.7. The Morgan fingerprint density at radius 1 is 1.06 bits per heavy atom. The van der Waals surface area contributed by atoms with Crippen LogP contribution in [0.4, 0.5) is 23.2 Å². The summed E-state index contributed by atoms with van der Waals surface area (Å²) < 4.78 is 78.1. The fourth-order valence-electron chi connectivity index (χ4n) is 3.46. The summed E-state index contributed by atoms with van der Waals surface area (Å²) in [5.74, 6) is -2.41. The molecule has 1 atom stereocenters. The van der Waals surface area contributed by atoms with Crippen molar-refractivity contribution in [1.29, 1.82) is 0 Å². The third-order valence-electron chi connectivity index (χ3n) is 5.23. The Labute approximate surface area is 194 Å². The molecular weight excluding hydrogens is 474 g/mol. The van der Waals surface area contributed by atoms with E-state index < -0.39 is 39.5 Å². The number of benzene rings is 2. The first-order valence-electron chi connectivity index (χ1n) is 9.92. The van der Waals surface area contributed by atoms with Crippen molar-refractivity contribution in [3.05, 3.63) is 94.6 Å². The van der Waals surface area contributed by atoms with Crippen molar-refractivity contribution in [2.24, 2.45) is 5.73 Å². The molecule has 0 radical (unpaired) electrons. The van der Waals surface area contributed by atoms with E-state index in [1.807, 2.05) is 0 Å². The molecule has 6 nitrogen and oxygen atoms in total. The Kier molecular flexibility index (Phi) is 6.97.